The maximum absolute atomic E-state index is 12.3. The summed E-state index contributed by atoms with van der Waals surface area (Å²) in [6, 6.07) is 12.9. The zero-order valence-corrected chi connectivity index (χ0v) is 16.6. The molecule has 2 aromatic carbocycles. The highest BCUT2D eigenvalue weighted by molar-refractivity contribution is 7.99. The Labute approximate surface area is 170 Å². The molecule has 0 atom stereocenters. The highest BCUT2D eigenvalue weighted by Gasteiger charge is 2.15. The van der Waals surface area contributed by atoms with Crippen LogP contribution in [-0.4, -0.2) is 38.3 Å². The summed E-state index contributed by atoms with van der Waals surface area (Å²) in [6.45, 7) is 0.217. The van der Waals surface area contributed by atoms with Crippen LogP contribution in [0.3, 0.4) is 0 Å². The van der Waals surface area contributed by atoms with Gasteiger partial charge in [0.15, 0.2) is 16.8 Å². The van der Waals surface area contributed by atoms with Gasteiger partial charge in [-0.3, -0.25) is 14.9 Å². The second-order valence-electron chi connectivity index (χ2n) is 5.94. The fourth-order valence-corrected chi connectivity index (χ4v) is 3.25. The van der Waals surface area contributed by atoms with Crippen LogP contribution in [0, 0.1) is 10.1 Å². The number of nitro benzene ring substituents is 1. The molecule has 3 aromatic rings. The van der Waals surface area contributed by atoms with Crippen molar-refractivity contribution in [2.75, 3.05) is 12.9 Å². The number of carbonyl (C=O) groups excluding carboxylic acids is 1. The Morgan fingerprint density at radius 2 is 1.90 bits per heavy atom. The van der Waals surface area contributed by atoms with Crippen molar-refractivity contribution in [3.8, 4) is 11.5 Å². The van der Waals surface area contributed by atoms with Crippen LogP contribution in [0.15, 0.2) is 53.7 Å². The molecule has 0 spiro atoms. The molecule has 0 fully saturated rings. The lowest BCUT2D eigenvalue weighted by molar-refractivity contribution is -0.384. The molecule has 150 valence electrons. The number of benzene rings is 2. The highest BCUT2D eigenvalue weighted by Crippen LogP contribution is 2.21. The first-order valence-corrected chi connectivity index (χ1v) is 9.52. The molecule has 0 aliphatic carbocycles. The minimum Gasteiger partial charge on any atom is -0.497 e. The number of rotatable bonds is 9. The number of ether oxygens (including phenoxy) is 2. The van der Waals surface area contributed by atoms with Gasteiger partial charge < -0.3 is 14.0 Å². The minimum absolute atomic E-state index is 0.0898. The van der Waals surface area contributed by atoms with Crippen LogP contribution in [-0.2, 0) is 13.7 Å². The first-order chi connectivity index (χ1) is 14.0. The lowest BCUT2D eigenvalue weighted by Gasteiger charge is -2.07. The van der Waals surface area contributed by atoms with Crippen LogP contribution in [0.5, 0.6) is 11.5 Å². The third-order valence-electron chi connectivity index (χ3n) is 4.06. The van der Waals surface area contributed by atoms with Gasteiger partial charge in [-0.2, -0.15) is 0 Å². The van der Waals surface area contributed by atoms with Crippen LogP contribution in [0.2, 0.25) is 0 Å². The number of non-ortho nitro benzene ring substituents is 1. The van der Waals surface area contributed by atoms with Gasteiger partial charge in [0.1, 0.15) is 18.1 Å². The fraction of sp³-hybridized carbons (Fsp3) is 0.211. The van der Waals surface area contributed by atoms with Crippen molar-refractivity contribution >= 4 is 23.2 Å². The number of ketones is 1. The summed E-state index contributed by atoms with van der Waals surface area (Å²) in [6.07, 6.45) is 0. The van der Waals surface area contributed by atoms with Crippen molar-refractivity contribution in [2.24, 2.45) is 7.05 Å². The van der Waals surface area contributed by atoms with Crippen molar-refractivity contribution in [3.63, 3.8) is 0 Å². The molecule has 0 aliphatic rings. The van der Waals surface area contributed by atoms with Crippen LogP contribution in [0.4, 0.5) is 5.69 Å². The number of hydrogen-bond acceptors (Lipinski definition) is 8. The normalized spacial score (nSPS) is 10.6. The fourth-order valence-electron chi connectivity index (χ4n) is 2.42. The predicted octanol–water partition coefficient (Wildman–Crippen LogP) is 3.29. The third-order valence-corrected chi connectivity index (χ3v) is 5.08. The van der Waals surface area contributed by atoms with Crippen molar-refractivity contribution in [1.82, 2.24) is 14.8 Å². The maximum Gasteiger partial charge on any atom is 0.270 e. The average molecular weight is 414 g/mol. The Morgan fingerprint density at radius 1 is 1.17 bits per heavy atom. The molecule has 0 radical (unpaired) electrons. The van der Waals surface area contributed by atoms with Crippen LogP contribution >= 0.6 is 11.8 Å². The lowest BCUT2D eigenvalue weighted by Crippen LogP contribution is -2.06. The number of hydrogen-bond donors (Lipinski definition) is 0. The molecule has 0 saturated heterocycles. The van der Waals surface area contributed by atoms with Crippen molar-refractivity contribution in [3.05, 3.63) is 70.0 Å². The number of nitro groups is 1. The zero-order chi connectivity index (χ0) is 20.8. The monoisotopic (exact) mass is 414 g/mol. The number of Topliss-reactive ketones (excluding diaryl/α,β-unsaturated/α-hetero) is 1. The van der Waals surface area contributed by atoms with Gasteiger partial charge in [-0.25, -0.2) is 0 Å². The summed E-state index contributed by atoms with van der Waals surface area (Å²) >= 11 is 1.21. The van der Waals surface area contributed by atoms with Crippen LogP contribution in [0.25, 0.3) is 0 Å². The molecule has 1 aromatic heterocycles. The Balaban J connectivity index is 1.58. The molecule has 0 N–H and O–H groups in total. The zero-order valence-electron chi connectivity index (χ0n) is 15.8. The Kier molecular flexibility index (Phi) is 6.45. The van der Waals surface area contributed by atoms with Crippen molar-refractivity contribution in [2.45, 2.75) is 11.8 Å². The second-order valence-corrected chi connectivity index (χ2v) is 6.88. The van der Waals surface area contributed by atoms with E-state index in [0.717, 1.165) is 5.75 Å². The Bertz CT molecular complexity index is 1020. The summed E-state index contributed by atoms with van der Waals surface area (Å²) in [5.74, 6) is 1.88. The van der Waals surface area contributed by atoms with E-state index >= 15 is 0 Å². The molecule has 1 heterocycles. The number of aromatic nitrogens is 3. The predicted molar refractivity (Wildman–Crippen MR) is 106 cm³/mol. The summed E-state index contributed by atoms with van der Waals surface area (Å²) in [4.78, 5) is 22.7. The van der Waals surface area contributed by atoms with Gasteiger partial charge in [0.25, 0.3) is 5.69 Å². The third kappa shape index (κ3) is 5.11. The van der Waals surface area contributed by atoms with E-state index in [1.54, 1.807) is 49.1 Å². The van der Waals surface area contributed by atoms with E-state index in [1.165, 1.54) is 30.0 Å². The molecular weight excluding hydrogens is 396 g/mol. The van der Waals surface area contributed by atoms with Gasteiger partial charge in [-0.05, 0) is 24.3 Å². The SMILES string of the molecule is COc1ccc(OCc2nnc(SCC(=O)c3cccc([N+](=O)[O-])c3)n2C)cc1. The molecule has 9 nitrogen and oxygen atoms in total. The van der Waals surface area contributed by atoms with Gasteiger partial charge >= 0.3 is 0 Å². The average Bonchev–Trinajstić information content (AvgIpc) is 3.10. The molecule has 0 amide bonds. The number of nitrogens with zero attached hydrogens (tertiary/aromatic N) is 4. The van der Waals surface area contributed by atoms with E-state index in [4.69, 9.17) is 9.47 Å². The van der Waals surface area contributed by atoms with Crippen molar-refractivity contribution in [1.29, 1.82) is 0 Å². The Hall–Kier alpha value is -3.40. The molecule has 0 aliphatic heterocycles. The molecule has 3 rings (SSSR count). The topological polar surface area (TPSA) is 109 Å². The molecule has 0 saturated carbocycles. The molecular formula is C19H18N4O5S. The second kappa shape index (κ2) is 9.20. The van der Waals surface area contributed by atoms with E-state index in [2.05, 4.69) is 10.2 Å². The van der Waals surface area contributed by atoms with E-state index < -0.39 is 4.92 Å². The van der Waals surface area contributed by atoms with Gasteiger partial charge in [0.2, 0.25) is 0 Å². The molecule has 0 unspecified atom stereocenters. The standard InChI is InChI=1S/C19H18N4O5S/c1-22-18(11-28-16-8-6-15(27-2)7-9-16)20-21-19(22)29-12-17(24)13-4-3-5-14(10-13)23(25)26/h3-10H,11-12H2,1-2H3. The Morgan fingerprint density at radius 3 is 2.59 bits per heavy atom. The van der Waals surface area contributed by atoms with E-state index in [0.29, 0.717) is 16.7 Å². The maximum atomic E-state index is 12.3. The largest absolute Gasteiger partial charge is 0.497 e. The van der Waals surface area contributed by atoms with Gasteiger partial charge in [-0.1, -0.05) is 23.9 Å². The van der Waals surface area contributed by atoms with Gasteiger partial charge in [0.05, 0.1) is 17.8 Å². The summed E-state index contributed by atoms with van der Waals surface area (Å²) in [7, 11) is 3.38. The van der Waals surface area contributed by atoms with E-state index in [-0.39, 0.29) is 29.4 Å². The first kappa shape index (κ1) is 20.3. The quantitative estimate of drug-likeness (QED) is 0.227. The van der Waals surface area contributed by atoms with Crippen molar-refractivity contribution < 1.29 is 19.2 Å². The van der Waals surface area contributed by atoms with E-state index in [9.17, 15) is 14.9 Å². The molecule has 29 heavy (non-hydrogen) atoms. The number of methoxy groups -OCH3 is 1. The summed E-state index contributed by atoms with van der Waals surface area (Å²) in [5, 5.41) is 19.6. The minimum atomic E-state index is -0.526. The smallest absolute Gasteiger partial charge is 0.270 e. The number of carbonyl (C=O) groups is 1. The molecule has 0 bridgehead atoms. The summed E-state index contributed by atoms with van der Waals surface area (Å²) < 4.78 is 12.5. The highest BCUT2D eigenvalue weighted by atomic mass is 32.2. The number of thioether (sulfide) groups is 1. The summed E-state index contributed by atoms with van der Waals surface area (Å²) in [5.41, 5.74) is 0.175. The first-order valence-electron chi connectivity index (χ1n) is 8.53. The lowest BCUT2D eigenvalue weighted by atomic mass is 10.1. The van der Waals surface area contributed by atoms with Crippen LogP contribution in [0.1, 0.15) is 16.2 Å². The van der Waals surface area contributed by atoms with E-state index in [1.807, 2.05) is 0 Å². The van der Waals surface area contributed by atoms with Gasteiger partial charge in [-0.15, -0.1) is 10.2 Å². The van der Waals surface area contributed by atoms with Crippen LogP contribution < -0.4 is 9.47 Å². The van der Waals surface area contributed by atoms with Gasteiger partial charge in [0, 0.05) is 24.7 Å². The molecule has 10 heteroatoms.